The lowest BCUT2D eigenvalue weighted by atomic mass is 9.98. The summed E-state index contributed by atoms with van der Waals surface area (Å²) in [6.07, 6.45) is -3.20. The molecular weight excluding hydrogens is 283 g/mol. The Morgan fingerprint density at radius 1 is 1.26 bits per heavy atom. The van der Waals surface area contributed by atoms with Crippen LogP contribution in [0.15, 0.2) is 0 Å². The molecule has 114 valence electrons. The van der Waals surface area contributed by atoms with Gasteiger partial charge in [0.25, 0.3) is 10.2 Å². The standard InChI is InChI=1S/C10H20F3N3O2S/c1-2-14-7-9-3-5-16(6-4-9)19(17,18)15-8-10(11,12)13/h9,14-15H,2-8H2,1H3. The lowest BCUT2D eigenvalue weighted by molar-refractivity contribution is -0.121. The van der Waals surface area contributed by atoms with E-state index in [1.54, 1.807) is 4.72 Å². The number of nitrogens with zero attached hydrogens (tertiary/aromatic N) is 1. The zero-order valence-corrected chi connectivity index (χ0v) is 11.6. The normalized spacial score (nSPS) is 19.8. The molecule has 0 aromatic carbocycles. The Labute approximate surface area is 111 Å². The van der Waals surface area contributed by atoms with E-state index in [1.165, 1.54) is 0 Å². The van der Waals surface area contributed by atoms with E-state index >= 15 is 0 Å². The van der Waals surface area contributed by atoms with Crippen molar-refractivity contribution in [2.75, 3.05) is 32.7 Å². The summed E-state index contributed by atoms with van der Waals surface area (Å²) in [5.41, 5.74) is 0. The summed E-state index contributed by atoms with van der Waals surface area (Å²) < 4.78 is 62.0. The first-order valence-electron chi connectivity index (χ1n) is 6.27. The van der Waals surface area contributed by atoms with Crippen molar-refractivity contribution in [2.24, 2.45) is 5.92 Å². The third-order valence-corrected chi connectivity index (χ3v) is 4.61. The zero-order chi connectivity index (χ0) is 14.5. The smallest absolute Gasteiger partial charge is 0.317 e. The van der Waals surface area contributed by atoms with Crippen molar-refractivity contribution in [3.63, 3.8) is 0 Å². The number of rotatable bonds is 6. The molecule has 5 nitrogen and oxygen atoms in total. The van der Waals surface area contributed by atoms with Gasteiger partial charge in [-0.25, -0.2) is 0 Å². The van der Waals surface area contributed by atoms with Gasteiger partial charge in [0.2, 0.25) is 0 Å². The fourth-order valence-electron chi connectivity index (χ4n) is 1.97. The lowest BCUT2D eigenvalue weighted by Crippen LogP contribution is -2.48. The molecule has 1 rings (SSSR count). The maximum atomic E-state index is 12.0. The highest BCUT2D eigenvalue weighted by molar-refractivity contribution is 7.87. The summed E-state index contributed by atoms with van der Waals surface area (Å²) in [4.78, 5) is 0. The molecule has 1 heterocycles. The van der Waals surface area contributed by atoms with Crippen molar-refractivity contribution < 1.29 is 21.6 Å². The van der Waals surface area contributed by atoms with Gasteiger partial charge in [0.1, 0.15) is 6.54 Å². The first-order valence-corrected chi connectivity index (χ1v) is 7.71. The van der Waals surface area contributed by atoms with Crippen LogP contribution in [0.25, 0.3) is 0 Å². The molecule has 1 saturated heterocycles. The Morgan fingerprint density at radius 2 is 1.84 bits per heavy atom. The molecule has 2 N–H and O–H groups in total. The topological polar surface area (TPSA) is 61.4 Å². The Morgan fingerprint density at radius 3 is 2.32 bits per heavy atom. The van der Waals surface area contributed by atoms with Gasteiger partial charge < -0.3 is 5.32 Å². The van der Waals surface area contributed by atoms with Crippen molar-refractivity contribution in [3.05, 3.63) is 0 Å². The predicted molar refractivity (Wildman–Crippen MR) is 65.8 cm³/mol. The molecule has 9 heteroatoms. The predicted octanol–water partition coefficient (Wildman–Crippen LogP) is 0.705. The van der Waals surface area contributed by atoms with E-state index in [4.69, 9.17) is 0 Å². The molecule has 0 aliphatic carbocycles. The first-order chi connectivity index (χ1) is 8.74. The molecule has 0 spiro atoms. The summed E-state index contributed by atoms with van der Waals surface area (Å²) in [5, 5.41) is 3.18. The van der Waals surface area contributed by atoms with Gasteiger partial charge in [-0.15, -0.1) is 0 Å². The van der Waals surface area contributed by atoms with Gasteiger partial charge in [-0.05, 0) is 31.8 Å². The third-order valence-electron chi connectivity index (χ3n) is 3.05. The molecule has 1 aliphatic heterocycles. The number of alkyl halides is 3. The van der Waals surface area contributed by atoms with Gasteiger partial charge >= 0.3 is 6.18 Å². The van der Waals surface area contributed by atoms with Gasteiger partial charge in [-0.2, -0.15) is 30.6 Å². The highest BCUT2D eigenvalue weighted by atomic mass is 32.2. The average molecular weight is 303 g/mol. The molecule has 0 unspecified atom stereocenters. The minimum atomic E-state index is -4.53. The number of nitrogens with one attached hydrogen (secondary N) is 2. The average Bonchev–Trinajstić information content (AvgIpc) is 2.34. The fourth-order valence-corrected chi connectivity index (χ4v) is 3.19. The van der Waals surface area contributed by atoms with E-state index < -0.39 is 22.9 Å². The van der Waals surface area contributed by atoms with Crippen LogP contribution < -0.4 is 10.0 Å². The second-order valence-electron chi connectivity index (χ2n) is 4.59. The molecule has 1 fully saturated rings. The molecular formula is C10H20F3N3O2S. The van der Waals surface area contributed by atoms with Crippen molar-refractivity contribution in [1.82, 2.24) is 14.3 Å². The van der Waals surface area contributed by atoms with Crippen LogP contribution in [-0.2, 0) is 10.2 Å². The number of hydrogen-bond donors (Lipinski definition) is 2. The van der Waals surface area contributed by atoms with E-state index in [9.17, 15) is 21.6 Å². The molecule has 0 saturated carbocycles. The second kappa shape index (κ2) is 6.87. The Bertz CT molecular complexity index is 365. The van der Waals surface area contributed by atoms with E-state index in [-0.39, 0.29) is 13.1 Å². The summed E-state index contributed by atoms with van der Waals surface area (Å²) in [7, 11) is -4.02. The summed E-state index contributed by atoms with van der Waals surface area (Å²) in [6, 6.07) is 0. The van der Waals surface area contributed by atoms with Gasteiger partial charge in [0.15, 0.2) is 0 Å². The zero-order valence-electron chi connectivity index (χ0n) is 10.8. The minimum absolute atomic E-state index is 0.267. The van der Waals surface area contributed by atoms with Gasteiger partial charge in [0.05, 0.1) is 0 Å². The summed E-state index contributed by atoms with van der Waals surface area (Å²) in [5.74, 6) is 0.383. The minimum Gasteiger partial charge on any atom is -0.317 e. The molecule has 19 heavy (non-hydrogen) atoms. The number of halogens is 3. The quantitative estimate of drug-likeness (QED) is 0.759. The van der Waals surface area contributed by atoms with Gasteiger partial charge in [-0.3, -0.25) is 0 Å². The maximum absolute atomic E-state index is 12.0. The Balaban J connectivity index is 2.41. The van der Waals surface area contributed by atoms with Crippen LogP contribution >= 0.6 is 0 Å². The van der Waals surface area contributed by atoms with Crippen LogP contribution in [0, 0.1) is 5.92 Å². The SMILES string of the molecule is CCNCC1CCN(S(=O)(=O)NCC(F)(F)F)CC1. The van der Waals surface area contributed by atoms with E-state index in [0.29, 0.717) is 18.8 Å². The van der Waals surface area contributed by atoms with Crippen molar-refractivity contribution >= 4 is 10.2 Å². The highest BCUT2D eigenvalue weighted by Gasteiger charge is 2.33. The van der Waals surface area contributed by atoms with Crippen LogP contribution in [0.2, 0.25) is 0 Å². The Hall–Kier alpha value is -0.380. The van der Waals surface area contributed by atoms with Crippen LogP contribution in [0.3, 0.4) is 0 Å². The van der Waals surface area contributed by atoms with Gasteiger partial charge in [-0.1, -0.05) is 6.92 Å². The molecule has 0 aromatic heterocycles. The van der Waals surface area contributed by atoms with Crippen molar-refractivity contribution in [1.29, 1.82) is 0 Å². The second-order valence-corrected chi connectivity index (χ2v) is 6.35. The van der Waals surface area contributed by atoms with Gasteiger partial charge in [0, 0.05) is 13.1 Å². The molecule has 1 aliphatic rings. The number of hydrogen-bond acceptors (Lipinski definition) is 3. The van der Waals surface area contributed by atoms with Crippen LogP contribution in [0.5, 0.6) is 0 Å². The molecule has 0 radical (unpaired) electrons. The van der Waals surface area contributed by atoms with Crippen LogP contribution in [0.4, 0.5) is 13.2 Å². The van der Waals surface area contributed by atoms with Crippen molar-refractivity contribution in [3.8, 4) is 0 Å². The van der Waals surface area contributed by atoms with E-state index in [1.807, 2.05) is 6.92 Å². The largest absolute Gasteiger partial charge is 0.402 e. The Kier molecular flexibility index (Phi) is 6.03. The highest BCUT2D eigenvalue weighted by Crippen LogP contribution is 2.19. The monoisotopic (exact) mass is 303 g/mol. The molecule has 0 amide bonds. The van der Waals surface area contributed by atoms with Crippen LogP contribution in [0.1, 0.15) is 19.8 Å². The number of piperidine rings is 1. The summed E-state index contributed by atoms with van der Waals surface area (Å²) in [6.45, 7) is 2.67. The molecule has 0 aromatic rings. The first kappa shape index (κ1) is 16.7. The van der Waals surface area contributed by atoms with E-state index in [2.05, 4.69) is 5.32 Å². The van der Waals surface area contributed by atoms with Crippen molar-refractivity contribution in [2.45, 2.75) is 25.9 Å². The fraction of sp³-hybridized carbons (Fsp3) is 1.00. The van der Waals surface area contributed by atoms with Crippen LogP contribution in [-0.4, -0.2) is 51.6 Å². The van der Waals surface area contributed by atoms with E-state index in [0.717, 1.165) is 17.4 Å². The summed E-state index contributed by atoms with van der Waals surface area (Å²) >= 11 is 0. The lowest BCUT2D eigenvalue weighted by Gasteiger charge is -2.31. The molecule has 0 bridgehead atoms. The third kappa shape index (κ3) is 6.07. The molecule has 0 atom stereocenters. The maximum Gasteiger partial charge on any atom is 0.402 e.